The van der Waals surface area contributed by atoms with Crippen molar-refractivity contribution < 1.29 is 9.90 Å². The number of amides is 1. The molecule has 1 amide bonds. The number of hydrogen-bond donors (Lipinski definition) is 2. The highest BCUT2D eigenvalue weighted by molar-refractivity contribution is 8.03. The van der Waals surface area contributed by atoms with Crippen LogP contribution in [0.3, 0.4) is 0 Å². The zero-order valence-corrected chi connectivity index (χ0v) is 24.5. The van der Waals surface area contributed by atoms with Gasteiger partial charge in [-0.25, -0.2) is 5.43 Å². The van der Waals surface area contributed by atoms with E-state index >= 15 is 0 Å². The predicted octanol–water partition coefficient (Wildman–Crippen LogP) is 7.03. The van der Waals surface area contributed by atoms with Crippen molar-refractivity contribution in [1.82, 2.24) is 15.6 Å². The second-order valence-corrected chi connectivity index (χ2v) is 14.2. The first-order chi connectivity index (χ1) is 16.8. The molecule has 192 valence electrons. The normalized spacial score (nSPS) is 12.3. The molecule has 0 aliphatic carbocycles. The number of hydrazone groups is 1. The van der Waals surface area contributed by atoms with Gasteiger partial charge in [0.05, 0.1) is 12.0 Å². The van der Waals surface area contributed by atoms with E-state index in [0.29, 0.717) is 10.8 Å². The minimum Gasteiger partial charge on any atom is -0.507 e. The molecule has 10 heteroatoms. The molecule has 2 aromatic carbocycles. The lowest BCUT2D eigenvalue weighted by atomic mass is 9.78. The Hall–Kier alpha value is -2.07. The molecule has 3 aromatic rings. The molecule has 0 fully saturated rings. The van der Waals surface area contributed by atoms with Crippen LogP contribution in [0.4, 0.5) is 0 Å². The summed E-state index contributed by atoms with van der Waals surface area (Å²) in [6.07, 6.45) is 1.61. The highest BCUT2D eigenvalue weighted by Gasteiger charge is 2.26. The van der Waals surface area contributed by atoms with Gasteiger partial charge in [-0.3, -0.25) is 4.79 Å². The van der Waals surface area contributed by atoms with Crippen LogP contribution in [0.1, 0.15) is 63.8 Å². The summed E-state index contributed by atoms with van der Waals surface area (Å²) in [5, 5.41) is 24.1. The smallest absolute Gasteiger partial charge is 0.250 e. The molecule has 0 atom stereocenters. The van der Waals surface area contributed by atoms with Gasteiger partial charge in [0.2, 0.25) is 0 Å². The Balaban J connectivity index is 1.55. The highest BCUT2D eigenvalue weighted by Crippen LogP contribution is 2.39. The Labute approximate surface area is 230 Å². The number of carbonyl (C=O) groups excluding carboxylic acids is 1. The number of nitrogens with one attached hydrogen (secondary N) is 1. The van der Waals surface area contributed by atoms with Crippen molar-refractivity contribution in [3.05, 3.63) is 63.7 Å². The van der Waals surface area contributed by atoms with Crippen molar-refractivity contribution in [2.75, 3.05) is 5.75 Å². The van der Waals surface area contributed by atoms with Crippen LogP contribution in [0.5, 0.6) is 5.75 Å². The predicted molar refractivity (Wildman–Crippen MR) is 153 cm³/mol. The van der Waals surface area contributed by atoms with Gasteiger partial charge in [-0.1, -0.05) is 100 Å². The third kappa shape index (κ3) is 8.23. The number of nitrogens with zero attached hydrogens (tertiary/aromatic N) is 3. The number of aromatic hydroxyl groups is 1. The van der Waals surface area contributed by atoms with E-state index in [1.165, 1.54) is 23.1 Å². The SMILES string of the molecule is CC(C)(C)c1cc(/C=N\NC(=O)CSc2nnc(SCc3ccc(Cl)cc3)s2)cc(C(C)(C)C)c1O. The molecular formula is C26H31ClN4O2S3. The first-order valence-electron chi connectivity index (χ1n) is 11.4. The number of rotatable bonds is 8. The second-order valence-electron chi connectivity index (χ2n) is 10.3. The van der Waals surface area contributed by atoms with Crippen molar-refractivity contribution in [2.24, 2.45) is 5.10 Å². The zero-order chi connectivity index (χ0) is 26.5. The summed E-state index contributed by atoms with van der Waals surface area (Å²) >= 11 is 10.3. The van der Waals surface area contributed by atoms with Crippen LogP contribution < -0.4 is 5.43 Å². The van der Waals surface area contributed by atoms with Gasteiger partial charge in [-0.15, -0.1) is 10.2 Å². The molecule has 1 aromatic heterocycles. The molecule has 0 bridgehead atoms. The number of phenols is 1. The number of thioether (sulfide) groups is 2. The lowest BCUT2D eigenvalue weighted by Crippen LogP contribution is -2.20. The lowest BCUT2D eigenvalue weighted by molar-refractivity contribution is -0.118. The Morgan fingerprint density at radius 2 is 1.58 bits per heavy atom. The molecule has 0 spiro atoms. The molecule has 1 heterocycles. The monoisotopic (exact) mass is 562 g/mol. The summed E-state index contributed by atoms with van der Waals surface area (Å²) in [6, 6.07) is 11.5. The summed E-state index contributed by atoms with van der Waals surface area (Å²) < 4.78 is 1.58. The summed E-state index contributed by atoms with van der Waals surface area (Å²) in [4.78, 5) is 12.3. The standard InChI is InChI=1S/C26H31ClN4O2S3/c1-25(2,3)19-11-17(12-20(22(19)33)26(4,5)6)13-28-29-21(32)15-35-24-31-30-23(36-24)34-14-16-7-9-18(27)10-8-16/h7-13,33H,14-15H2,1-6H3,(H,29,32)/b28-13-. The van der Waals surface area contributed by atoms with Gasteiger partial charge < -0.3 is 5.11 Å². The van der Waals surface area contributed by atoms with Crippen LogP contribution in [0.2, 0.25) is 5.02 Å². The molecule has 0 aliphatic heterocycles. The van der Waals surface area contributed by atoms with E-state index in [1.807, 2.05) is 36.4 Å². The third-order valence-corrected chi connectivity index (χ3v) is 8.65. The Morgan fingerprint density at radius 1 is 1.03 bits per heavy atom. The maximum atomic E-state index is 12.3. The summed E-state index contributed by atoms with van der Waals surface area (Å²) in [7, 11) is 0. The summed E-state index contributed by atoms with van der Waals surface area (Å²) in [5.74, 6) is 1.05. The second kappa shape index (κ2) is 12.0. The fourth-order valence-electron chi connectivity index (χ4n) is 3.25. The van der Waals surface area contributed by atoms with Crippen LogP contribution >= 0.6 is 46.5 Å². The van der Waals surface area contributed by atoms with E-state index in [0.717, 1.165) is 36.7 Å². The first-order valence-corrected chi connectivity index (χ1v) is 14.5. The molecule has 0 saturated carbocycles. The minimum atomic E-state index is -0.235. The fourth-order valence-corrected chi connectivity index (χ4v) is 6.15. The van der Waals surface area contributed by atoms with Gasteiger partial charge in [-0.2, -0.15) is 5.10 Å². The van der Waals surface area contributed by atoms with E-state index in [9.17, 15) is 9.90 Å². The number of aromatic nitrogens is 2. The number of benzene rings is 2. The van der Waals surface area contributed by atoms with Crippen molar-refractivity contribution >= 4 is 58.6 Å². The number of phenolic OH excluding ortho intramolecular Hbond substituents is 1. The molecule has 6 nitrogen and oxygen atoms in total. The third-order valence-electron chi connectivity index (χ3n) is 5.14. The average Bonchev–Trinajstić information content (AvgIpc) is 3.24. The highest BCUT2D eigenvalue weighted by atomic mass is 35.5. The number of hydrogen-bond acceptors (Lipinski definition) is 8. The van der Waals surface area contributed by atoms with E-state index in [1.54, 1.807) is 18.0 Å². The molecule has 2 N–H and O–H groups in total. The van der Waals surface area contributed by atoms with Crippen molar-refractivity contribution in [3.63, 3.8) is 0 Å². The van der Waals surface area contributed by atoms with Gasteiger partial charge >= 0.3 is 0 Å². The van der Waals surface area contributed by atoms with Crippen LogP contribution in [0, 0.1) is 0 Å². The maximum Gasteiger partial charge on any atom is 0.250 e. The van der Waals surface area contributed by atoms with Gasteiger partial charge in [0.25, 0.3) is 5.91 Å². The summed E-state index contributed by atoms with van der Waals surface area (Å²) in [5.41, 5.74) is 5.78. The Morgan fingerprint density at radius 3 is 2.14 bits per heavy atom. The fraction of sp³-hybridized carbons (Fsp3) is 0.385. The molecular weight excluding hydrogens is 532 g/mol. The maximum absolute atomic E-state index is 12.3. The summed E-state index contributed by atoms with van der Waals surface area (Å²) in [6.45, 7) is 12.4. The van der Waals surface area contributed by atoms with Crippen molar-refractivity contribution in [3.8, 4) is 5.75 Å². The molecule has 36 heavy (non-hydrogen) atoms. The zero-order valence-electron chi connectivity index (χ0n) is 21.3. The number of carbonyl (C=O) groups is 1. The minimum absolute atomic E-state index is 0.184. The van der Waals surface area contributed by atoms with Gasteiger partial charge in [0, 0.05) is 21.9 Å². The molecule has 0 radical (unpaired) electrons. The van der Waals surface area contributed by atoms with Gasteiger partial charge in [0.15, 0.2) is 8.68 Å². The van der Waals surface area contributed by atoms with Crippen LogP contribution in [0.15, 0.2) is 50.2 Å². The molecule has 0 saturated heterocycles. The molecule has 3 rings (SSSR count). The van der Waals surface area contributed by atoms with E-state index < -0.39 is 0 Å². The first kappa shape index (κ1) is 28.5. The van der Waals surface area contributed by atoms with Crippen LogP contribution in [-0.2, 0) is 21.4 Å². The van der Waals surface area contributed by atoms with Gasteiger partial charge in [0.1, 0.15) is 5.75 Å². The van der Waals surface area contributed by atoms with Crippen molar-refractivity contribution in [1.29, 1.82) is 0 Å². The Kier molecular flexibility index (Phi) is 9.49. The largest absolute Gasteiger partial charge is 0.507 e. The van der Waals surface area contributed by atoms with E-state index in [-0.39, 0.29) is 22.5 Å². The number of halogens is 1. The lowest BCUT2D eigenvalue weighted by Gasteiger charge is -2.27. The molecule has 0 unspecified atom stereocenters. The van der Waals surface area contributed by atoms with E-state index in [2.05, 4.69) is 62.3 Å². The average molecular weight is 563 g/mol. The molecule has 0 aliphatic rings. The van der Waals surface area contributed by atoms with Crippen LogP contribution in [-0.4, -0.2) is 33.2 Å². The van der Waals surface area contributed by atoms with E-state index in [4.69, 9.17) is 11.6 Å². The topological polar surface area (TPSA) is 87.5 Å². The van der Waals surface area contributed by atoms with Crippen LogP contribution in [0.25, 0.3) is 0 Å². The Bertz CT molecular complexity index is 1190. The van der Waals surface area contributed by atoms with Gasteiger partial charge in [-0.05, 0) is 46.2 Å². The van der Waals surface area contributed by atoms with Crippen molar-refractivity contribution in [2.45, 2.75) is 66.8 Å². The quantitative estimate of drug-likeness (QED) is 0.174.